The molecule has 0 saturated carbocycles. The van der Waals surface area contributed by atoms with E-state index in [2.05, 4.69) is 125 Å². The Labute approximate surface area is 226 Å². The standard InChI is InChI=1S/C34H44N2Si/c1-26(2)37(27(3)4,28(5)6)22-19-32-33(30-17-11-8-12-18-30)25-35-24-31(23-29-15-9-7-10-16-29)34(32)36-20-13-14-21-36/h7-12,15-18,24,26-28H,13-14,20-21,23,25H2,1-6H3. The predicted molar refractivity (Wildman–Crippen MR) is 164 cm³/mol. The van der Waals surface area contributed by atoms with E-state index in [9.17, 15) is 0 Å². The second-order valence-electron chi connectivity index (χ2n) is 11.6. The van der Waals surface area contributed by atoms with Gasteiger partial charge in [-0.05, 0) is 51.7 Å². The predicted octanol–water partition coefficient (Wildman–Crippen LogP) is 8.34. The molecule has 0 aromatic heterocycles. The molecule has 0 amide bonds. The number of nitrogens with zero attached hydrogens (tertiary/aromatic N) is 2. The SMILES string of the molecule is CC(C)[Si](C#CC1=C(c2ccccc2)CN=CC(Cc2ccccc2)=C1N1CCCC1)(C(C)C)C(C)C. The van der Waals surface area contributed by atoms with E-state index in [4.69, 9.17) is 4.99 Å². The Morgan fingerprint density at radius 3 is 1.95 bits per heavy atom. The van der Waals surface area contributed by atoms with Gasteiger partial charge in [-0.25, -0.2) is 0 Å². The van der Waals surface area contributed by atoms with Crippen LogP contribution >= 0.6 is 0 Å². The monoisotopic (exact) mass is 508 g/mol. The van der Waals surface area contributed by atoms with Gasteiger partial charge >= 0.3 is 0 Å². The van der Waals surface area contributed by atoms with Crippen molar-refractivity contribution in [1.82, 2.24) is 4.90 Å². The largest absolute Gasteiger partial charge is 0.370 e. The molecule has 0 atom stereocenters. The molecule has 1 fully saturated rings. The number of likely N-dealkylation sites (tertiary alicyclic amines) is 1. The van der Waals surface area contributed by atoms with Crippen LogP contribution in [0, 0.1) is 11.5 Å². The molecule has 2 aliphatic rings. The first-order chi connectivity index (χ1) is 17.8. The zero-order valence-corrected chi connectivity index (χ0v) is 24.7. The zero-order valence-electron chi connectivity index (χ0n) is 23.7. The van der Waals surface area contributed by atoms with Crippen LogP contribution in [0.5, 0.6) is 0 Å². The van der Waals surface area contributed by atoms with Gasteiger partial charge in [0.05, 0.1) is 17.8 Å². The van der Waals surface area contributed by atoms with Crippen LogP contribution in [0.25, 0.3) is 5.57 Å². The Morgan fingerprint density at radius 1 is 0.811 bits per heavy atom. The lowest BCUT2D eigenvalue weighted by molar-refractivity contribution is 0.434. The maximum absolute atomic E-state index is 5.00. The minimum absolute atomic E-state index is 0.603. The van der Waals surface area contributed by atoms with E-state index >= 15 is 0 Å². The molecule has 0 spiro atoms. The Kier molecular flexibility index (Phi) is 8.93. The van der Waals surface area contributed by atoms with Crippen LogP contribution in [-0.4, -0.2) is 38.8 Å². The minimum Gasteiger partial charge on any atom is -0.370 e. The molecule has 3 heteroatoms. The first-order valence-electron chi connectivity index (χ1n) is 14.2. The summed E-state index contributed by atoms with van der Waals surface area (Å²) in [6.45, 7) is 17.3. The molecule has 2 aromatic carbocycles. The lowest BCUT2D eigenvalue weighted by Crippen LogP contribution is -2.43. The van der Waals surface area contributed by atoms with Crippen molar-refractivity contribution in [2.45, 2.75) is 77.4 Å². The lowest BCUT2D eigenvalue weighted by Gasteiger charge is -2.38. The summed E-state index contributed by atoms with van der Waals surface area (Å²) in [7, 11) is -1.90. The van der Waals surface area contributed by atoms with E-state index in [1.54, 1.807) is 0 Å². The van der Waals surface area contributed by atoms with Crippen molar-refractivity contribution in [1.29, 1.82) is 0 Å². The number of rotatable bonds is 7. The van der Waals surface area contributed by atoms with Crippen molar-refractivity contribution >= 4 is 19.9 Å². The van der Waals surface area contributed by atoms with E-state index in [1.165, 1.54) is 46.4 Å². The number of hydrogen-bond acceptors (Lipinski definition) is 2. The third-order valence-electron chi connectivity index (χ3n) is 8.39. The van der Waals surface area contributed by atoms with E-state index < -0.39 is 8.07 Å². The molecule has 4 rings (SSSR count). The van der Waals surface area contributed by atoms with Crippen molar-refractivity contribution in [3.05, 3.63) is 88.6 Å². The maximum atomic E-state index is 5.00. The van der Waals surface area contributed by atoms with Crippen LogP contribution in [0.3, 0.4) is 0 Å². The molecule has 2 nitrogen and oxygen atoms in total. The molecule has 2 aromatic rings. The number of aliphatic imine (C=N–C) groups is 1. The first kappa shape index (κ1) is 27.2. The molecule has 2 aliphatic heterocycles. The Balaban J connectivity index is 1.99. The maximum Gasteiger partial charge on any atom is 0.146 e. The number of allylic oxidation sites excluding steroid dienone is 2. The Bertz CT molecular complexity index is 1180. The molecule has 2 heterocycles. The molecule has 0 N–H and O–H groups in total. The van der Waals surface area contributed by atoms with Crippen molar-refractivity contribution in [3.8, 4) is 11.5 Å². The van der Waals surface area contributed by atoms with Gasteiger partial charge in [-0.2, -0.15) is 0 Å². The third kappa shape index (κ3) is 5.86. The summed E-state index contributed by atoms with van der Waals surface area (Å²) in [5.74, 6) is 3.95. The smallest absolute Gasteiger partial charge is 0.146 e. The molecule has 0 bridgehead atoms. The van der Waals surface area contributed by atoms with Gasteiger partial charge in [0, 0.05) is 25.7 Å². The zero-order chi connectivity index (χ0) is 26.4. The van der Waals surface area contributed by atoms with E-state index in [0.29, 0.717) is 23.2 Å². The van der Waals surface area contributed by atoms with E-state index in [-0.39, 0.29) is 0 Å². The van der Waals surface area contributed by atoms with Crippen LogP contribution in [0.15, 0.2) is 82.5 Å². The third-order valence-corrected chi connectivity index (χ3v) is 14.7. The first-order valence-corrected chi connectivity index (χ1v) is 16.4. The second kappa shape index (κ2) is 12.1. The Hall–Kier alpha value is -2.83. The molecule has 0 unspecified atom stereocenters. The number of benzene rings is 2. The second-order valence-corrected chi connectivity index (χ2v) is 17.1. The summed E-state index contributed by atoms with van der Waals surface area (Å²) >= 11 is 0. The summed E-state index contributed by atoms with van der Waals surface area (Å²) in [6.07, 6.45) is 5.51. The summed E-state index contributed by atoms with van der Waals surface area (Å²) in [6, 6.07) is 21.7. The van der Waals surface area contributed by atoms with Crippen LogP contribution in [-0.2, 0) is 6.42 Å². The summed E-state index contributed by atoms with van der Waals surface area (Å²) in [4.78, 5) is 7.61. The molecule has 1 saturated heterocycles. The highest BCUT2D eigenvalue weighted by atomic mass is 28.3. The highest BCUT2D eigenvalue weighted by molar-refractivity contribution is 6.90. The van der Waals surface area contributed by atoms with Crippen molar-refractivity contribution in [2.75, 3.05) is 19.6 Å². The summed E-state index contributed by atoms with van der Waals surface area (Å²) in [5, 5.41) is 0. The van der Waals surface area contributed by atoms with Gasteiger partial charge in [0.1, 0.15) is 8.07 Å². The van der Waals surface area contributed by atoms with Crippen molar-refractivity contribution in [3.63, 3.8) is 0 Å². The quantitative estimate of drug-likeness (QED) is 0.271. The topological polar surface area (TPSA) is 15.6 Å². The fourth-order valence-electron chi connectivity index (χ4n) is 6.55. The van der Waals surface area contributed by atoms with Crippen LogP contribution in [0.4, 0.5) is 0 Å². The van der Waals surface area contributed by atoms with Gasteiger partial charge in [-0.3, -0.25) is 4.99 Å². The van der Waals surface area contributed by atoms with E-state index in [0.717, 1.165) is 19.5 Å². The average Bonchev–Trinajstić information content (AvgIpc) is 3.35. The van der Waals surface area contributed by atoms with Gasteiger partial charge in [0.15, 0.2) is 0 Å². The normalized spacial score (nSPS) is 16.6. The van der Waals surface area contributed by atoms with Crippen LogP contribution < -0.4 is 0 Å². The highest BCUT2D eigenvalue weighted by Crippen LogP contribution is 2.41. The van der Waals surface area contributed by atoms with Crippen molar-refractivity contribution in [2.24, 2.45) is 4.99 Å². The lowest BCUT2D eigenvalue weighted by atomic mass is 9.94. The molecule has 194 valence electrons. The van der Waals surface area contributed by atoms with Gasteiger partial charge < -0.3 is 4.90 Å². The Morgan fingerprint density at radius 2 is 1.38 bits per heavy atom. The van der Waals surface area contributed by atoms with Gasteiger partial charge in [-0.1, -0.05) is 108 Å². The average molecular weight is 509 g/mol. The highest BCUT2D eigenvalue weighted by Gasteiger charge is 2.42. The minimum atomic E-state index is -1.90. The molecule has 37 heavy (non-hydrogen) atoms. The fourth-order valence-corrected chi connectivity index (χ4v) is 11.8. The van der Waals surface area contributed by atoms with Crippen LogP contribution in [0.2, 0.25) is 16.6 Å². The molecule has 0 radical (unpaired) electrons. The summed E-state index contributed by atoms with van der Waals surface area (Å²) < 4.78 is 0. The van der Waals surface area contributed by atoms with Gasteiger partial charge in [0.25, 0.3) is 0 Å². The van der Waals surface area contributed by atoms with Crippen molar-refractivity contribution < 1.29 is 0 Å². The number of hydrogen-bond donors (Lipinski definition) is 0. The van der Waals surface area contributed by atoms with Crippen LogP contribution in [0.1, 0.15) is 65.5 Å². The molecular formula is C34H44N2Si. The van der Waals surface area contributed by atoms with Gasteiger partial charge in [0.2, 0.25) is 0 Å². The van der Waals surface area contributed by atoms with Gasteiger partial charge in [-0.15, -0.1) is 5.54 Å². The van der Waals surface area contributed by atoms with E-state index in [1.807, 2.05) is 0 Å². The summed E-state index contributed by atoms with van der Waals surface area (Å²) in [5.41, 5.74) is 13.6. The molecule has 0 aliphatic carbocycles. The fraction of sp³-hybridized carbons (Fsp3) is 0.441. The molecular weight excluding hydrogens is 464 g/mol.